The maximum Gasteiger partial charge on any atom is 0.316 e. The third-order valence-corrected chi connectivity index (χ3v) is 7.15. The minimum absolute atomic E-state index is 0.0714. The number of hydrogen-bond acceptors (Lipinski definition) is 6. The van der Waals surface area contributed by atoms with Crippen molar-refractivity contribution in [1.82, 2.24) is 10.3 Å². The van der Waals surface area contributed by atoms with Crippen LogP contribution in [-0.2, 0) is 16.0 Å². The molecule has 1 aromatic carbocycles. The Labute approximate surface area is 198 Å². The highest BCUT2D eigenvalue weighted by Crippen LogP contribution is 2.44. The average Bonchev–Trinajstić information content (AvgIpc) is 3.67. The molecule has 2 fully saturated rings. The maximum absolute atomic E-state index is 13.0. The van der Waals surface area contributed by atoms with Gasteiger partial charge in [0.1, 0.15) is 23.2 Å². The van der Waals surface area contributed by atoms with Crippen molar-refractivity contribution in [2.75, 3.05) is 31.1 Å². The lowest BCUT2D eigenvalue weighted by molar-refractivity contribution is -0.146. The predicted molar refractivity (Wildman–Crippen MR) is 127 cm³/mol. The molecule has 1 aromatic heterocycles. The summed E-state index contributed by atoms with van der Waals surface area (Å²) in [6, 6.07) is 7.18. The zero-order valence-corrected chi connectivity index (χ0v) is 19.4. The number of aromatic nitrogens is 1. The smallest absolute Gasteiger partial charge is 0.316 e. The molecule has 1 aliphatic carbocycles. The van der Waals surface area contributed by atoms with E-state index in [1.165, 1.54) is 4.90 Å². The number of nitrogens with one attached hydrogen (secondary N) is 1. The van der Waals surface area contributed by atoms with Gasteiger partial charge in [0.2, 0.25) is 5.91 Å². The van der Waals surface area contributed by atoms with Crippen LogP contribution in [0.25, 0.3) is 11.3 Å². The fourth-order valence-corrected chi connectivity index (χ4v) is 5.09. The summed E-state index contributed by atoms with van der Waals surface area (Å²) in [6.07, 6.45) is 4.42. The molecule has 0 bridgehead atoms. The number of carboxylic acids is 1. The van der Waals surface area contributed by atoms with Gasteiger partial charge in [-0.1, -0.05) is 6.07 Å². The second kappa shape index (κ2) is 9.25. The lowest BCUT2D eigenvalue weighted by atomic mass is 9.82. The van der Waals surface area contributed by atoms with E-state index in [-0.39, 0.29) is 18.1 Å². The number of ether oxygens (including phenoxy) is 1. The van der Waals surface area contributed by atoms with E-state index in [1.54, 1.807) is 12.1 Å². The first kappa shape index (κ1) is 22.7. The number of hydrogen-bond donors (Lipinski definition) is 3. The van der Waals surface area contributed by atoms with Crippen molar-refractivity contribution < 1.29 is 24.5 Å². The SMILES string of the molecule is CCN1C(=O)C(C(=O)O)Cc2c(C3CCCNC3)cc(-c3c(O)cccc3OCC3CC3)nc21. The Morgan fingerprint density at radius 2 is 2.12 bits per heavy atom. The number of phenolic OH excluding ortho intramolecular Hbond substituents is 1. The molecule has 2 unspecified atom stereocenters. The highest BCUT2D eigenvalue weighted by Gasteiger charge is 2.40. The van der Waals surface area contributed by atoms with Gasteiger partial charge >= 0.3 is 5.97 Å². The van der Waals surface area contributed by atoms with Crippen LogP contribution in [0.15, 0.2) is 24.3 Å². The minimum Gasteiger partial charge on any atom is -0.507 e. The van der Waals surface area contributed by atoms with E-state index < -0.39 is 17.8 Å². The Morgan fingerprint density at radius 3 is 2.79 bits per heavy atom. The summed E-state index contributed by atoms with van der Waals surface area (Å²) in [5, 5.41) is 24.0. The van der Waals surface area contributed by atoms with Crippen LogP contribution in [0, 0.1) is 11.8 Å². The van der Waals surface area contributed by atoms with Crippen LogP contribution in [0.2, 0.25) is 0 Å². The van der Waals surface area contributed by atoms with Gasteiger partial charge in [-0.3, -0.25) is 14.5 Å². The van der Waals surface area contributed by atoms with E-state index in [4.69, 9.17) is 9.72 Å². The molecule has 2 aliphatic heterocycles. The molecule has 34 heavy (non-hydrogen) atoms. The van der Waals surface area contributed by atoms with Gasteiger partial charge in [0.05, 0.1) is 17.9 Å². The van der Waals surface area contributed by atoms with Crippen LogP contribution in [0.4, 0.5) is 5.82 Å². The van der Waals surface area contributed by atoms with Gasteiger partial charge in [-0.15, -0.1) is 0 Å². The first-order chi connectivity index (χ1) is 16.5. The van der Waals surface area contributed by atoms with E-state index in [0.29, 0.717) is 41.9 Å². The Kier molecular flexibility index (Phi) is 6.16. The summed E-state index contributed by atoms with van der Waals surface area (Å²) in [5.74, 6) is -0.797. The molecule has 8 heteroatoms. The number of nitrogens with zero attached hydrogens (tertiary/aromatic N) is 2. The van der Waals surface area contributed by atoms with Crippen molar-refractivity contribution in [1.29, 1.82) is 0 Å². The number of aliphatic carboxylic acids is 1. The number of piperidine rings is 1. The Bertz CT molecular complexity index is 1110. The van der Waals surface area contributed by atoms with Gasteiger partial charge in [0.15, 0.2) is 0 Å². The molecule has 3 N–H and O–H groups in total. The Morgan fingerprint density at radius 1 is 1.29 bits per heavy atom. The topological polar surface area (TPSA) is 112 Å². The van der Waals surface area contributed by atoms with Crippen LogP contribution in [0.5, 0.6) is 11.5 Å². The molecular weight excluding hydrogens is 434 g/mol. The molecule has 3 aliphatic rings. The van der Waals surface area contributed by atoms with E-state index in [2.05, 4.69) is 5.32 Å². The minimum atomic E-state index is -1.11. The molecule has 1 saturated heterocycles. The first-order valence-electron chi connectivity index (χ1n) is 12.2. The van der Waals surface area contributed by atoms with E-state index >= 15 is 0 Å². The van der Waals surface area contributed by atoms with Crippen molar-refractivity contribution in [3.8, 4) is 22.8 Å². The van der Waals surface area contributed by atoms with Crippen LogP contribution in [0.1, 0.15) is 49.7 Å². The van der Waals surface area contributed by atoms with Crippen molar-refractivity contribution in [3.63, 3.8) is 0 Å². The van der Waals surface area contributed by atoms with Crippen LogP contribution in [0.3, 0.4) is 0 Å². The molecule has 0 radical (unpaired) electrons. The average molecular weight is 466 g/mol. The molecule has 0 spiro atoms. The zero-order valence-electron chi connectivity index (χ0n) is 19.4. The van der Waals surface area contributed by atoms with Gasteiger partial charge in [-0.25, -0.2) is 4.98 Å². The maximum atomic E-state index is 13.0. The van der Waals surface area contributed by atoms with E-state index in [9.17, 15) is 19.8 Å². The summed E-state index contributed by atoms with van der Waals surface area (Å²) in [6.45, 7) is 4.47. The van der Waals surface area contributed by atoms with Gasteiger partial charge < -0.3 is 20.3 Å². The Hall–Kier alpha value is -3.13. The van der Waals surface area contributed by atoms with Gasteiger partial charge in [0, 0.05) is 18.7 Å². The number of fused-ring (bicyclic) bond motifs is 1. The van der Waals surface area contributed by atoms with Gasteiger partial charge in [0.25, 0.3) is 0 Å². The largest absolute Gasteiger partial charge is 0.507 e. The van der Waals surface area contributed by atoms with Crippen LogP contribution in [-0.4, -0.2) is 53.3 Å². The molecule has 180 valence electrons. The predicted octanol–water partition coefficient (Wildman–Crippen LogP) is 3.32. The molecule has 1 saturated carbocycles. The van der Waals surface area contributed by atoms with E-state index in [1.807, 2.05) is 19.1 Å². The van der Waals surface area contributed by atoms with Crippen molar-refractivity contribution in [3.05, 3.63) is 35.4 Å². The fraction of sp³-hybridized carbons (Fsp3) is 0.500. The number of aromatic hydroxyl groups is 1. The molecule has 3 heterocycles. The molecule has 2 aromatic rings. The quantitative estimate of drug-likeness (QED) is 0.538. The summed E-state index contributed by atoms with van der Waals surface area (Å²) in [5.41, 5.74) is 2.88. The number of amides is 1. The fourth-order valence-electron chi connectivity index (χ4n) is 5.09. The second-order valence-corrected chi connectivity index (χ2v) is 9.52. The molecule has 5 rings (SSSR count). The number of anilines is 1. The van der Waals surface area contributed by atoms with Crippen LogP contribution >= 0.6 is 0 Å². The summed E-state index contributed by atoms with van der Waals surface area (Å²) in [4.78, 5) is 31.3. The number of benzene rings is 1. The lowest BCUT2D eigenvalue weighted by Gasteiger charge is -2.35. The Balaban J connectivity index is 1.66. The zero-order chi connectivity index (χ0) is 23.8. The number of rotatable bonds is 7. The number of carboxylic acid groups (broad SMARTS) is 1. The van der Waals surface area contributed by atoms with Crippen molar-refractivity contribution >= 4 is 17.7 Å². The first-order valence-corrected chi connectivity index (χ1v) is 12.2. The van der Waals surface area contributed by atoms with E-state index in [0.717, 1.165) is 49.9 Å². The summed E-state index contributed by atoms with van der Waals surface area (Å²) >= 11 is 0. The van der Waals surface area contributed by atoms with Gasteiger partial charge in [-0.2, -0.15) is 0 Å². The second-order valence-electron chi connectivity index (χ2n) is 9.52. The molecular formula is C26H31N3O5. The highest BCUT2D eigenvalue weighted by molar-refractivity contribution is 6.08. The van der Waals surface area contributed by atoms with Crippen LogP contribution < -0.4 is 15.0 Å². The summed E-state index contributed by atoms with van der Waals surface area (Å²) in [7, 11) is 0. The third kappa shape index (κ3) is 4.22. The highest BCUT2D eigenvalue weighted by atomic mass is 16.5. The number of carbonyl (C=O) groups excluding carboxylic acids is 1. The monoisotopic (exact) mass is 465 g/mol. The molecule has 1 amide bonds. The molecule has 8 nitrogen and oxygen atoms in total. The normalized spacial score (nSPS) is 22.4. The lowest BCUT2D eigenvalue weighted by Crippen LogP contribution is -2.45. The van der Waals surface area contributed by atoms with Crippen molar-refractivity contribution in [2.24, 2.45) is 11.8 Å². The van der Waals surface area contributed by atoms with Crippen molar-refractivity contribution in [2.45, 2.75) is 44.9 Å². The summed E-state index contributed by atoms with van der Waals surface area (Å²) < 4.78 is 6.08. The van der Waals surface area contributed by atoms with Gasteiger partial charge in [-0.05, 0) is 81.2 Å². The standard InChI is InChI=1S/C26H31N3O5/c1-2-29-24-18(11-19(25(29)31)26(32)33)17(16-5-4-10-27-13-16)12-20(28-24)23-21(30)6-3-7-22(23)34-14-15-8-9-15/h3,6-7,12,15-16,19,27,30H,2,4-5,8-11,13-14H2,1H3,(H,32,33). The third-order valence-electron chi connectivity index (χ3n) is 7.15. The number of pyridine rings is 1. The molecule has 2 atom stereocenters. The number of phenols is 1. The number of carbonyl (C=O) groups is 2.